The second-order valence-corrected chi connectivity index (χ2v) is 12.4. The third-order valence-electron chi connectivity index (χ3n) is 4.95. The molecular formula is C17H29NOSi. The average Bonchev–Trinajstić information content (AvgIpc) is 2.29. The molecule has 0 aromatic heterocycles. The van der Waals surface area contributed by atoms with Crippen LogP contribution in [-0.4, -0.2) is 8.32 Å². The van der Waals surface area contributed by atoms with Crippen LogP contribution < -0.4 is 0 Å². The fraction of sp³-hybridized carbons (Fsp3) is 0.706. The molecule has 0 N–H and O–H groups in total. The van der Waals surface area contributed by atoms with E-state index in [9.17, 15) is 5.26 Å². The third kappa shape index (κ3) is 3.55. The number of nitrogens with zero attached hydrogens (tertiary/aromatic N) is 1. The number of hydrogen-bond acceptors (Lipinski definition) is 2. The first-order chi connectivity index (χ1) is 8.99. The van der Waals surface area contributed by atoms with E-state index in [2.05, 4.69) is 60.4 Å². The molecular weight excluding hydrogens is 262 g/mol. The number of hydrogen-bond donors (Lipinski definition) is 0. The summed E-state index contributed by atoms with van der Waals surface area (Å²) in [4.78, 5) is 0. The van der Waals surface area contributed by atoms with E-state index in [0.717, 1.165) is 29.7 Å². The first-order valence-electron chi connectivity index (χ1n) is 7.43. The molecule has 2 nitrogen and oxygen atoms in total. The zero-order valence-electron chi connectivity index (χ0n) is 14.1. The summed E-state index contributed by atoms with van der Waals surface area (Å²) in [6, 6.07) is 2.43. The van der Waals surface area contributed by atoms with Gasteiger partial charge in [0.15, 0.2) is 0 Å². The quantitative estimate of drug-likeness (QED) is 0.514. The van der Waals surface area contributed by atoms with Crippen LogP contribution in [0.25, 0.3) is 0 Å². The van der Waals surface area contributed by atoms with Crippen molar-refractivity contribution in [2.24, 2.45) is 11.8 Å². The van der Waals surface area contributed by atoms with Gasteiger partial charge in [-0.05, 0) is 49.9 Å². The summed E-state index contributed by atoms with van der Waals surface area (Å²) in [6.07, 6.45) is 1.80. The van der Waals surface area contributed by atoms with Gasteiger partial charge in [0.2, 0.25) is 8.32 Å². The van der Waals surface area contributed by atoms with E-state index in [1.54, 1.807) is 0 Å². The lowest BCUT2D eigenvalue weighted by Crippen LogP contribution is -2.41. The normalized spacial score (nSPS) is 24.3. The maximum atomic E-state index is 9.38. The predicted molar refractivity (Wildman–Crippen MR) is 87.6 cm³/mol. The second kappa shape index (κ2) is 5.77. The molecule has 0 bridgehead atoms. The van der Waals surface area contributed by atoms with Crippen molar-refractivity contribution in [2.45, 2.75) is 65.6 Å². The molecule has 0 radical (unpaired) electrons. The molecule has 1 aliphatic rings. The van der Waals surface area contributed by atoms with Gasteiger partial charge in [-0.3, -0.25) is 0 Å². The fourth-order valence-electron chi connectivity index (χ4n) is 2.23. The van der Waals surface area contributed by atoms with Gasteiger partial charge in [0.25, 0.3) is 0 Å². The standard InChI is InChI=1S/C17H29NOSi/c1-12(2)14-9-15(11-18)13(3)16(10-14)19-20(7,8)17(4,5)6/h14-15H,1,9-10H2,2-8H3/t14-,15+/m0/s1. The molecule has 0 heterocycles. The van der Waals surface area contributed by atoms with E-state index in [4.69, 9.17) is 4.43 Å². The number of allylic oxidation sites excluding steroid dienone is 3. The van der Waals surface area contributed by atoms with Crippen LogP contribution in [0.3, 0.4) is 0 Å². The molecule has 0 aromatic carbocycles. The topological polar surface area (TPSA) is 33.0 Å². The zero-order chi connectivity index (χ0) is 15.7. The lowest BCUT2D eigenvalue weighted by molar-refractivity contribution is 0.307. The van der Waals surface area contributed by atoms with Gasteiger partial charge in [-0.2, -0.15) is 5.26 Å². The van der Waals surface area contributed by atoms with Gasteiger partial charge in [0.1, 0.15) is 0 Å². The van der Waals surface area contributed by atoms with Crippen molar-refractivity contribution in [3.05, 3.63) is 23.5 Å². The summed E-state index contributed by atoms with van der Waals surface area (Å²) in [7, 11) is -1.84. The molecule has 0 aliphatic heterocycles. The Labute approximate surface area is 125 Å². The molecule has 1 aliphatic carbocycles. The Balaban J connectivity index is 3.08. The Morgan fingerprint density at radius 3 is 2.35 bits per heavy atom. The maximum absolute atomic E-state index is 9.38. The summed E-state index contributed by atoms with van der Waals surface area (Å²) in [6.45, 7) is 19.5. The Morgan fingerprint density at radius 2 is 1.95 bits per heavy atom. The minimum atomic E-state index is -1.84. The van der Waals surface area contributed by atoms with E-state index in [-0.39, 0.29) is 11.0 Å². The summed E-state index contributed by atoms with van der Waals surface area (Å²) in [5.41, 5.74) is 2.30. The molecule has 0 aromatic rings. The van der Waals surface area contributed by atoms with Gasteiger partial charge in [0.05, 0.1) is 17.7 Å². The van der Waals surface area contributed by atoms with Gasteiger partial charge in [0, 0.05) is 6.42 Å². The molecule has 112 valence electrons. The minimum absolute atomic E-state index is 0.0229. The highest BCUT2D eigenvalue weighted by Gasteiger charge is 2.41. The van der Waals surface area contributed by atoms with Crippen LogP contribution in [0.4, 0.5) is 0 Å². The SMILES string of the molecule is C=C(C)[C@@H]1CC(O[Si](C)(C)C(C)(C)C)=C(C)[C@@H](C#N)C1. The predicted octanol–water partition coefficient (Wildman–Crippen LogP) is 5.41. The Morgan fingerprint density at radius 1 is 1.40 bits per heavy atom. The van der Waals surface area contributed by atoms with E-state index in [1.165, 1.54) is 0 Å². The smallest absolute Gasteiger partial charge is 0.250 e. The highest BCUT2D eigenvalue weighted by atomic mass is 28.4. The molecule has 2 atom stereocenters. The molecule has 20 heavy (non-hydrogen) atoms. The first-order valence-corrected chi connectivity index (χ1v) is 10.3. The van der Waals surface area contributed by atoms with Gasteiger partial charge >= 0.3 is 0 Å². The number of rotatable bonds is 3. The van der Waals surface area contributed by atoms with E-state index in [1.807, 2.05) is 0 Å². The summed E-state index contributed by atoms with van der Waals surface area (Å²) in [5.74, 6) is 1.41. The molecule has 0 saturated carbocycles. The van der Waals surface area contributed by atoms with Gasteiger partial charge in [-0.15, -0.1) is 0 Å². The molecule has 0 amide bonds. The second-order valence-electron chi connectivity index (χ2n) is 7.63. The third-order valence-corrected chi connectivity index (χ3v) is 9.32. The molecule has 0 fully saturated rings. The van der Waals surface area contributed by atoms with Crippen LogP contribution in [-0.2, 0) is 4.43 Å². The van der Waals surface area contributed by atoms with Crippen LogP contribution >= 0.6 is 0 Å². The Kier molecular flexibility index (Phi) is 4.92. The van der Waals surface area contributed by atoms with Crippen molar-refractivity contribution in [1.82, 2.24) is 0 Å². The van der Waals surface area contributed by atoms with Gasteiger partial charge in [-0.1, -0.05) is 32.9 Å². The monoisotopic (exact) mass is 291 g/mol. The fourth-order valence-corrected chi connectivity index (χ4v) is 3.40. The highest BCUT2D eigenvalue weighted by Crippen LogP contribution is 2.43. The van der Waals surface area contributed by atoms with Crippen molar-refractivity contribution in [2.75, 3.05) is 0 Å². The van der Waals surface area contributed by atoms with Gasteiger partial charge in [-0.25, -0.2) is 0 Å². The van der Waals surface area contributed by atoms with Crippen molar-refractivity contribution < 1.29 is 4.43 Å². The van der Waals surface area contributed by atoms with Crippen LogP contribution in [0.1, 0.15) is 47.5 Å². The van der Waals surface area contributed by atoms with Crippen LogP contribution in [0.5, 0.6) is 0 Å². The first kappa shape index (κ1) is 17.0. The molecule has 3 heteroatoms. The van der Waals surface area contributed by atoms with Crippen molar-refractivity contribution >= 4 is 8.32 Å². The summed E-state index contributed by atoms with van der Waals surface area (Å²) < 4.78 is 6.49. The average molecular weight is 292 g/mol. The van der Waals surface area contributed by atoms with Gasteiger partial charge < -0.3 is 4.43 Å². The Bertz CT molecular complexity index is 462. The summed E-state index contributed by atoms with van der Waals surface area (Å²) >= 11 is 0. The Hall–Kier alpha value is -1.01. The van der Waals surface area contributed by atoms with E-state index in [0.29, 0.717) is 5.92 Å². The van der Waals surface area contributed by atoms with Crippen LogP contribution in [0, 0.1) is 23.2 Å². The van der Waals surface area contributed by atoms with Crippen LogP contribution in [0.2, 0.25) is 18.1 Å². The van der Waals surface area contributed by atoms with Crippen molar-refractivity contribution in [1.29, 1.82) is 5.26 Å². The number of nitriles is 1. The maximum Gasteiger partial charge on any atom is 0.250 e. The van der Waals surface area contributed by atoms with E-state index >= 15 is 0 Å². The van der Waals surface area contributed by atoms with E-state index < -0.39 is 8.32 Å². The summed E-state index contributed by atoms with van der Waals surface area (Å²) in [5, 5.41) is 9.56. The van der Waals surface area contributed by atoms with Crippen LogP contribution in [0.15, 0.2) is 23.5 Å². The molecule has 0 spiro atoms. The van der Waals surface area contributed by atoms with Crippen molar-refractivity contribution in [3.63, 3.8) is 0 Å². The van der Waals surface area contributed by atoms with Crippen molar-refractivity contribution in [3.8, 4) is 6.07 Å². The zero-order valence-corrected chi connectivity index (χ0v) is 15.1. The lowest BCUT2D eigenvalue weighted by Gasteiger charge is -2.40. The lowest BCUT2D eigenvalue weighted by atomic mass is 9.78. The molecule has 1 rings (SSSR count). The minimum Gasteiger partial charge on any atom is -0.546 e. The molecule has 0 unspecified atom stereocenters. The largest absolute Gasteiger partial charge is 0.546 e. The molecule has 0 saturated heterocycles. The highest BCUT2D eigenvalue weighted by molar-refractivity contribution is 6.74.